The minimum atomic E-state index is -4.03. The van der Waals surface area contributed by atoms with Gasteiger partial charge in [-0.25, -0.2) is 19.0 Å². The topological polar surface area (TPSA) is 102 Å². The Labute approximate surface area is 149 Å². The molecule has 0 aliphatic carbocycles. The Bertz CT molecular complexity index is 927. The van der Waals surface area contributed by atoms with Crippen LogP contribution < -0.4 is 10.6 Å². The fourth-order valence-electron chi connectivity index (χ4n) is 1.84. The summed E-state index contributed by atoms with van der Waals surface area (Å²) in [6.07, 6.45) is 0. The Balaban J connectivity index is 2.23. The van der Waals surface area contributed by atoms with Gasteiger partial charge in [-0.15, -0.1) is 0 Å². The van der Waals surface area contributed by atoms with Crippen molar-refractivity contribution >= 4 is 44.8 Å². The van der Waals surface area contributed by atoms with Crippen molar-refractivity contribution in [3.05, 3.63) is 63.6 Å². The largest absolute Gasteiger partial charge is 0.271 e. The van der Waals surface area contributed by atoms with E-state index in [1.807, 2.05) is 0 Å². The molecular formula is C15H13Cl2N3O3S. The second-order valence-electron chi connectivity index (χ2n) is 4.84. The molecule has 2 aromatic rings. The van der Waals surface area contributed by atoms with Gasteiger partial charge in [0.15, 0.2) is 0 Å². The maximum Gasteiger partial charge on any atom is 0.271 e. The van der Waals surface area contributed by atoms with Gasteiger partial charge in [0.05, 0.1) is 10.7 Å². The summed E-state index contributed by atoms with van der Waals surface area (Å²) in [6, 6.07) is 10.7. The maximum absolute atomic E-state index is 12.1. The van der Waals surface area contributed by atoms with Gasteiger partial charge >= 0.3 is 0 Å². The van der Waals surface area contributed by atoms with Crippen molar-refractivity contribution < 1.29 is 13.2 Å². The Morgan fingerprint density at radius 3 is 2.46 bits per heavy atom. The summed E-state index contributed by atoms with van der Waals surface area (Å²) in [5.74, 6) is -0.599. The third-order valence-electron chi connectivity index (χ3n) is 3.07. The molecule has 0 aliphatic rings. The number of carbonyl (C=O) groups is 1. The third kappa shape index (κ3) is 4.55. The highest BCUT2D eigenvalue weighted by atomic mass is 35.5. The summed E-state index contributed by atoms with van der Waals surface area (Å²) in [4.78, 5) is 11.8. The van der Waals surface area contributed by atoms with E-state index in [0.717, 1.165) is 11.6 Å². The van der Waals surface area contributed by atoms with E-state index in [1.165, 1.54) is 12.1 Å². The first-order valence-corrected chi connectivity index (χ1v) is 8.91. The molecule has 0 saturated heterocycles. The van der Waals surface area contributed by atoms with E-state index in [-0.39, 0.29) is 15.5 Å². The molecule has 0 fully saturated rings. The second kappa shape index (κ2) is 7.31. The first-order chi connectivity index (χ1) is 11.2. The van der Waals surface area contributed by atoms with Crippen molar-refractivity contribution in [2.45, 2.75) is 11.8 Å². The molecule has 0 heterocycles. The number of rotatable bonds is 4. The molecule has 0 saturated carbocycles. The predicted molar refractivity (Wildman–Crippen MR) is 94.0 cm³/mol. The number of nitrogens with zero attached hydrogens (tertiary/aromatic N) is 1. The lowest BCUT2D eigenvalue weighted by molar-refractivity contribution is 0.0954. The average Bonchev–Trinajstić information content (AvgIpc) is 2.51. The molecule has 1 amide bonds. The molecule has 0 aromatic heterocycles. The lowest BCUT2D eigenvalue weighted by Crippen LogP contribution is -2.20. The van der Waals surface area contributed by atoms with Crippen LogP contribution in [0.25, 0.3) is 0 Å². The summed E-state index contributed by atoms with van der Waals surface area (Å²) in [7, 11) is -4.03. The average molecular weight is 386 g/mol. The van der Waals surface area contributed by atoms with Crippen molar-refractivity contribution in [1.29, 1.82) is 0 Å². The van der Waals surface area contributed by atoms with Gasteiger partial charge in [-0.1, -0.05) is 35.3 Å². The summed E-state index contributed by atoms with van der Waals surface area (Å²) in [5, 5.41) is 9.51. The van der Waals surface area contributed by atoms with Crippen LogP contribution in [0.3, 0.4) is 0 Å². The van der Waals surface area contributed by atoms with E-state index in [0.29, 0.717) is 10.7 Å². The number of hydrogen-bond acceptors (Lipinski definition) is 4. The van der Waals surface area contributed by atoms with Gasteiger partial charge in [0.25, 0.3) is 5.91 Å². The number of sulfonamides is 1. The molecule has 0 unspecified atom stereocenters. The van der Waals surface area contributed by atoms with Gasteiger partial charge in [0, 0.05) is 10.6 Å². The SMILES string of the molecule is C/C(=N/NC(=O)c1ccc(Cl)c(S(N)(=O)=O)c1)c1cccc(Cl)c1. The number of nitrogens with one attached hydrogen (secondary N) is 1. The van der Waals surface area contributed by atoms with Crippen LogP contribution in [0.5, 0.6) is 0 Å². The molecule has 24 heavy (non-hydrogen) atoms. The van der Waals surface area contributed by atoms with Crippen molar-refractivity contribution in [2.24, 2.45) is 10.2 Å². The normalized spacial score (nSPS) is 12.1. The van der Waals surface area contributed by atoms with Gasteiger partial charge < -0.3 is 0 Å². The zero-order chi connectivity index (χ0) is 17.9. The fraction of sp³-hybridized carbons (Fsp3) is 0.0667. The van der Waals surface area contributed by atoms with Gasteiger partial charge in [-0.3, -0.25) is 4.79 Å². The summed E-state index contributed by atoms with van der Waals surface area (Å²) < 4.78 is 22.9. The molecule has 2 rings (SSSR count). The van der Waals surface area contributed by atoms with E-state index in [2.05, 4.69) is 10.5 Å². The lowest BCUT2D eigenvalue weighted by Gasteiger charge is -2.06. The molecule has 0 atom stereocenters. The second-order valence-corrected chi connectivity index (χ2v) is 7.21. The summed E-state index contributed by atoms with van der Waals surface area (Å²) >= 11 is 11.7. The minimum Gasteiger partial charge on any atom is -0.267 e. The number of nitrogens with two attached hydrogens (primary N) is 1. The van der Waals surface area contributed by atoms with Gasteiger partial charge in [-0.2, -0.15) is 5.10 Å². The smallest absolute Gasteiger partial charge is 0.267 e. The van der Waals surface area contributed by atoms with Crippen LogP contribution in [0.4, 0.5) is 0 Å². The third-order valence-corrected chi connectivity index (χ3v) is 4.70. The molecule has 9 heteroatoms. The van der Waals surface area contributed by atoms with Crippen LogP contribution >= 0.6 is 23.2 Å². The highest BCUT2D eigenvalue weighted by molar-refractivity contribution is 7.89. The lowest BCUT2D eigenvalue weighted by atomic mass is 10.1. The number of hydrazone groups is 1. The Morgan fingerprint density at radius 1 is 1.12 bits per heavy atom. The van der Waals surface area contributed by atoms with Crippen molar-refractivity contribution in [3.8, 4) is 0 Å². The molecule has 0 bridgehead atoms. The highest BCUT2D eigenvalue weighted by Crippen LogP contribution is 2.21. The molecule has 0 aliphatic heterocycles. The van der Waals surface area contributed by atoms with E-state index in [1.54, 1.807) is 31.2 Å². The Hall–Kier alpha value is -1.93. The molecule has 0 spiro atoms. The van der Waals surface area contributed by atoms with Crippen LogP contribution in [0.1, 0.15) is 22.8 Å². The maximum atomic E-state index is 12.1. The predicted octanol–water partition coefficient (Wildman–Crippen LogP) is 2.79. The van der Waals surface area contributed by atoms with Gasteiger partial charge in [-0.05, 0) is 42.8 Å². The number of carbonyl (C=O) groups excluding carboxylic acids is 1. The first kappa shape index (κ1) is 18.4. The van der Waals surface area contributed by atoms with E-state index in [9.17, 15) is 13.2 Å². The Kier molecular flexibility index (Phi) is 5.61. The van der Waals surface area contributed by atoms with Crippen LogP contribution in [0, 0.1) is 0 Å². The summed E-state index contributed by atoms with van der Waals surface area (Å²) in [5.41, 5.74) is 3.68. The minimum absolute atomic E-state index is 0.0612. The summed E-state index contributed by atoms with van der Waals surface area (Å²) in [6.45, 7) is 1.70. The molecule has 2 aromatic carbocycles. The van der Waals surface area contributed by atoms with Crippen LogP contribution in [-0.2, 0) is 10.0 Å². The van der Waals surface area contributed by atoms with Crippen molar-refractivity contribution in [3.63, 3.8) is 0 Å². The van der Waals surface area contributed by atoms with Gasteiger partial charge in [0.2, 0.25) is 10.0 Å². The highest BCUT2D eigenvalue weighted by Gasteiger charge is 2.16. The monoisotopic (exact) mass is 385 g/mol. The number of benzene rings is 2. The zero-order valence-electron chi connectivity index (χ0n) is 12.5. The van der Waals surface area contributed by atoms with E-state index >= 15 is 0 Å². The Morgan fingerprint density at radius 2 is 1.83 bits per heavy atom. The standard InChI is InChI=1S/C15H13Cl2N3O3S/c1-9(10-3-2-4-12(16)7-10)19-20-15(21)11-5-6-13(17)14(8-11)24(18,22)23/h2-8H,1H3,(H,20,21)(H2,18,22,23)/b19-9-. The van der Waals surface area contributed by atoms with E-state index < -0.39 is 15.9 Å². The van der Waals surface area contributed by atoms with Crippen LogP contribution in [0.15, 0.2) is 52.5 Å². The fourth-order valence-corrected chi connectivity index (χ4v) is 3.10. The first-order valence-electron chi connectivity index (χ1n) is 6.61. The van der Waals surface area contributed by atoms with Crippen LogP contribution in [-0.4, -0.2) is 20.0 Å². The number of hydrogen-bond donors (Lipinski definition) is 2. The molecule has 6 nitrogen and oxygen atoms in total. The van der Waals surface area contributed by atoms with Crippen LogP contribution in [0.2, 0.25) is 10.0 Å². The molecule has 0 radical (unpaired) electrons. The quantitative estimate of drug-likeness (QED) is 0.624. The van der Waals surface area contributed by atoms with Gasteiger partial charge in [0.1, 0.15) is 4.90 Å². The van der Waals surface area contributed by atoms with E-state index in [4.69, 9.17) is 28.3 Å². The number of amides is 1. The molecule has 3 N–H and O–H groups in total. The molecule has 126 valence electrons. The number of halogens is 2. The zero-order valence-corrected chi connectivity index (χ0v) is 14.8. The number of primary sulfonamides is 1. The molecular weight excluding hydrogens is 373 g/mol. The van der Waals surface area contributed by atoms with Crippen molar-refractivity contribution in [2.75, 3.05) is 0 Å². The van der Waals surface area contributed by atoms with Crippen molar-refractivity contribution in [1.82, 2.24) is 5.43 Å².